The van der Waals surface area contributed by atoms with Gasteiger partial charge in [0.25, 0.3) is 0 Å². The van der Waals surface area contributed by atoms with Crippen molar-refractivity contribution in [2.75, 3.05) is 13.1 Å². The van der Waals surface area contributed by atoms with Crippen molar-refractivity contribution >= 4 is 5.91 Å². The second-order valence-corrected chi connectivity index (χ2v) is 7.17. The molecule has 1 saturated heterocycles. The Morgan fingerprint density at radius 1 is 1.29 bits per heavy atom. The molecule has 3 aromatic heterocycles. The fraction of sp³-hybridized carbons (Fsp3) is 0.474. The van der Waals surface area contributed by atoms with Crippen molar-refractivity contribution in [3.8, 4) is 11.3 Å². The van der Waals surface area contributed by atoms with Crippen molar-refractivity contribution in [1.29, 1.82) is 0 Å². The SMILES string of the molecule is Cn1cc(-c2ccnc(C3CCN(C(=O)CCCc4cn[nH]n4)CC3)n2)cn1. The summed E-state index contributed by atoms with van der Waals surface area (Å²) in [5.74, 6) is 1.36. The Hall–Kier alpha value is -3.10. The standard InChI is InChI=1S/C19H24N8O/c1-26-13-15(11-22-26)17-5-8-20-19(23-17)14-6-9-27(10-7-14)18(28)4-2-3-16-12-21-25-24-16/h5,8,11-14H,2-4,6-7,9-10H2,1H3,(H,21,24,25). The van der Waals surface area contributed by atoms with Crippen LogP contribution in [-0.2, 0) is 18.3 Å². The number of nitrogens with one attached hydrogen (secondary N) is 1. The van der Waals surface area contributed by atoms with E-state index in [1.807, 2.05) is 36.6 Å². The zero-order chi connectivity index (χ0) is 19.3. The van der Waals surface area contributed by atoms with E-state index < -0.39 is 0 Å². The lowest BCUT2D eigenvalue weighted by Gasteiger charge is -2.31. The minimum atomic E-state index is 0.215. The van der Waals surface area contributed by atoms with Crippen LogP contribution < -0.4 is 0 Å². The molecule has 0 unspecified atom stereocenters. The topological polar surface area (TPSA) is 105 Å². The van der Waals surface area contributed by atoms with Gasteiger partial charge in [-0.3, -0.25) is 9.48 Å². The number of piperidine rings is 1. The second-order valence-electron chi connectivity index (χ2n) is 7.17. The zero-order valence-electron chi connectivity index (χ0n) is 16.0. The molecule has 0 atom stereocenters. The molecule has 0 bridgehead atoms. The summed E-state index contributed by atoms with van der Waals surface area (Å²) in [4.78, 5) is 23.6. The summed E-state index contributed by atoms with van der Waals surface area (Å²) in [5, 5.41) is 14.6. The molecule has 1 N–H and O–H groups in total. The van der Waals surface area contributed by atoms with Gasteiger partial charge < -0.3 is 4.90 Å². The molecule has 0 saturated carbocycles. The molecule has 4 rings (SSSR count). The van der Waals surface area contributed by atoms with Crippen molar-refractivity contribution in [3.05, 3.63) is 42.4 Å². The van der Waals surface area contributed by atoms with E-state index >= 15 is 0 Å². The van der Waals surface area contributed by atoms with E-state index in [0.29, 0.717) is 6.42 Å². The lowest BCUT2D eigenvalue weighted by atomic mass is 9.95. The molecule has 146 valence electrons. The fourth-order valence-corrected chi connectivity index (χ4v) is 3.60. The van der Waals surface area contributed by atoms with Gasteiger partial charge in [-0.25, -0.2) is 9.97 Å². The number of rotatable bonds is 6. The van der Waals surface area contributed by atoms with Crippen LogP contribution in [0.15, 0.2) is 30.9 Å². The van der Waals surface area contributed by atoms with Crippen LogP contribution in [0.2, 0.25) is 0 Å². The average Bonchev–Trinajstić information content (AvgIpc) is 3.40. The van der Waals surface area contributed by atoms with Crippen LogP contribution >= 0.6 is 0 Å². The van der Waals surface area contributed by atoms with Gasteiger partial charge >= 0.3 is 0 Å². The number of carbonyl (C=O) groups excluding carboxylic acids is 1. The Morgan fingerprint density at radius 3 is 2.86 bits per heavy atom. The van der Waals surface area contributed by atoms with Crippen LogP contribution in [0.5, 0.6) is 0 Å². The van der Waals surface area contributed by atoms with Crippen LogP contribution in [0.1, 0.15) is 43.1 Å². The summed E-state index contributed by atoms with van der Waals surface area (Å²) >= 11 is 0. The lowest BCUT2D eigenvalue weighted by Crippen LogP contribution is -2.38. The number of hydrogen-bond donors (Lipinski definition) is 1. The highest BCUT2D eigenvalue weighted by molar-refractivity contribution is 5.76. The molecule has 0 aromatic carbocycles. The first-order chi connectivity index (χ1) is 13.7. The summed E-state index contributed by atoms with van der Waals surface area (Å²) in [5.41, 5.74) is 2.78. The maximum atomic E-state index is 12.5. The van der Waals surface area contributed by atoms with E-state index in [2.05, 4.69) is 25.5 Å². The monoisotopic (exact) mass is 380 g/mol. The number of aromatic amines is 1. The Balaban J connectivity index is 1.29. The number of aryl methyl sites for hydroxylation is 2. The highest BCUT2D eigenvalue weighted by atomic mass is 16.2. The van der Waals surface area contributed by atoms with Crippen molar-refractivity contribution < 1.29 is 4.79 Å². The highest BCUT2D eigenvalue weighted by Gasteiger charge is 2.25. The maximum absolute atomic E-state index is 12.5. The molecule has 9 nitrogen and oxygen atoms in total. The van der Waals surface area contributed by atoms with E-state index in [4.69, 9.17) is 4.98 Å². The minimum absolute atomic E-state index is 0.215. The van der Waals surface area contributed by atoms with E-state index in [-0.39, 0.29) is 11.8 Å². The molecule has 0 radical (unpaired) electrons. The van der Waals surface area contributed by atoms with Crippen molar-refractivity contribution in [1.82, 2.24) is 40.1 Å². The summed E-state index contributed by atoms with van der Waals surface area (Å²) < 4.78 is 1.77. The van der Waals surface area contributed by atoms with Crippen LogP contribution in [-0.4, -0.2) is 59.1 Å². The average molecular weight is 380 g/mol. The Labute approximate surface area is 163 Å². The van der Waals surface area contributed by atoms with Crippen molar-refractivity contribution in [2.24, 2.45) is 7.05 Å². The van der Waals surface area contributed by atoms with Gasteiger partial charge in [-0.05, 0) is 31.7 Å². The van der Waals surface area contributed by atoms with Gasteiger partial charge in [0.1, 0.15) is 5.82 Å². The number of amides is 1. The van der Waals surface area contributed by atoms with Gasteiger partial charge in [0.2, 0.25) is 5.91 Å². The van der Waals surface area contributed by atoms with E-state index in [9.17, 15) is 4.79 Å². The molecule has 1 amide bonds. The molecule has 0 spiro atoms. The number of aromatic nitrogens is 7. The fourth-order valence-electron chi connectivity index (χ4n) is 3.60. The predicted molar refractivity (Wildman–Crippen MR) is 102 cm³/mol. The molecule has 9 heteroatoms. The van der Waals surface area contributed by atoms with Gasteiger partial charge in [-0.2, -0.15) is 20.5 Å². The van der Waals surface area contributed by atoms with E-state index in [1.165, 1.54) is 0 Å². The summed E-state index contributed by atoms with van der Waals surface area (Å²) in [6.07, 6.45) is 11.2. The summed E-state index contributed by atoms with van der Waals surface area (Å²) in [6.45, 7) is 1.52. The molecular weight excluding hydrogens is 356 g/mol. The Bertz CT molecular complexity index is 912. The Kier molecular flexibility index (Phi) is 5.41. The number of likely N-dealkylation sites (tertiary alicyclic amines) is 1. The third-order valence-electron chi connectivity index (χ3n) is 5.18. The lowest BCUT2D eigenvalue weighted by molar-refractivity contribution is -0.132. The van der Waals surface area contributed by atoms with E-state index in [1.54, 1.807) is 10.9 Å². The zero-order valence-corrected chi connectivity index (χ0v) is 16.0. The first-order valence-corrected chi connectivity index (χ1v) is 9.63. The van der Waals surface area contributed by atoms with Gasteiger partial charge in [-0.15, -0.1) is 0 Å². The molecule has 1 aliphatic rings. The van der Waals surface area contributed by atoms with Crippen molar-refractivity contribution in [3.63, 3.8) is 0 Å². The molecule has 1 aliphatic heterocycles. The summed E-state index contributed by atoms with van der Waals surface area (Å²) in [7, 11) is 1.89. The smallest absolute Gasteiger partial charge is 0.222 e. The van der Waals surface area contributed by atoms with E-state index in [0.717, 1.165) is 61.5 Å². The largest absolute Gasteiger partial charge is 0.343 e. The molecule has 3 aromatic rings. The molecule has 1 fully saturated rings. The van der Waals surface area contributed by atoms with Crippen LogP contribution in [0.25, 0.3) is 11.3 Å². The van der Waals surface area contributed by atoms with Gasteiger partial charge in [0.05, 0.1) is 23.8 Å². The van der Waals surface area contributed by atoms with Crippen LogP contribution in [0.4, 0.5) is 0 Å². The minimum Gasteiger partial charge on any atom is -0.343 e. The first-order valence-electron chi connectivity index (χ1n) is 9.63. The normalized spacial score (nSPS) is 15.1. The molecular formula is C19H24N8O. The van der Waals surface area contributed by atoms with Crippen molar-refractivity contribution in [2.45, 2.75) is 38.0 Å². The maximum Gasteiger partial charge on any atom is 0.222 e. The summed E-state index contributed by atoms with van der Waals surface area (Å²) in [6, 6.07) is 1.91. The number of carbonyl (C=O) groups is 1. The molecule has 4 heterocycles. The first kappa shape index (κ1) is 18.3. The third-order valence-corrected chi connectivity index (χ3v) is 5.18. The third kappa shape index (κ3) is 4.24. The highest BCUT2D eigenvalue weighted by Crippen LogP contribution is 2.27. The number of nitrogens with zero attached hydrogens (tertiary/aromatic N) is 7. The van der Waals surface area contributed by atoms with Gasteiger partial charge in [-0.1, -0.05) is 0 Å². The molecule has 28 heavy (non-hydrogen) atoms. The number of hydrogen-bond acceptors (Lipinski definition) is 6. The Morgan fingerprint density at radius 2 is 2.14 bits per heavy atom. The van der Waals surface area contributed by atoms with Crippen LogP contribution in [0, 0.1) is 0 Å². The van der Waals surface area contributed by atoms with Crippen LogP contribution in [0.3, 0.4) is 0 Å². The van der Waals surface area contributed by atoms with Gasteiger partial charge in [0, 0.05) is 50.4 Å². The predicted octanol–water partition coefficient (Wildman–Crippen LogP) is 1.72. The quantitative estimate of drug-likeness (QED) is 0.698. The number of H-pyrrole nitrogens is 1. The second kappa shape index (κ2) is 8.28. The molecule has 0 aliphatic carbocycles. The van der Waals surface area contributed by atoms with Gasteiger partial charge in [0.15, 0.2) is 0 Å².